The van der Waals surface area contributed by atoms with Crippen LogP contribution in [0.4, 0.5) is 17.1 Å². The van der Waals surface area contributed by atoms with E-state index in [4.69, 9.17) is 9.97 Å². The van der Waals surface area contributed by atoms with Gasteiger partial charge in [0.15, 0.2) is 0 Å². The molecule has 0 spiro atoms. The third-order valence-electron chi connectivity index (χ3n) is 10.4. The second-order valence-electron chi connectivity index (χ2n) is 13.4. The molecule has 4 nitrogen and oxygen atoms in total. The van der Waals surface area contributed by atoms with Gasteiger partial charge in [-0.15, -0.1) is 0 Å². The average molecular weight is 695 g/mol. The molecule has 0 N–H and O–H groups in total. The largest absolute Gasteiger partial charge is 0.308 e. The third kappa shape index (κ3) is 4.78. The van der Waals surface area contributed by atoms with Crippen molar-refractivity contribution >= 4 is 72.3 Å². The third-order valence-corrected chi connectivity index (χ3v) is 11.5. The summed E-state index contributed by atoms with van der Waals surface area (Å²) in [5, 5.41) is 5.85. The molecule has 5 heteroatoms. The van der Waals surface area contributed by atoms with Crippen LogP contribution >= 0.6 is 11.8 Å². The lowest BCUT2D eigenvalue weighted by atomic mass is 10.0. The topological polar surface area (TPSA) is 34.0 Å². The van der Waals surface area contributed by atoms with Crippen LogP contribution in [0.1, 0.15) is 0 Å². The van der Waals surface area contributed by atoms with Crippen LogP contribution in [0.5, 0.6) is 0 Å². The summed E-state index contributed by atoms with van der Waals surface area (Å²) in [5.41, 5.74) is 10.9. The second-order valence-corrected chi connectivity index (χ2v) is 14.5. The fraction of sp³-hybridized carbons (Fsp3) is 0. The number of para-hydroxylation sites is 3. The molecular formula is C48H30N4S. The van der Waals surface area contributed by atoms with E-state index in [-0.39, 0.29) is 0 Å². The van der Waals surface area contributed by atoms with Crippen LogP contribution in [0.25, 0.3) is 71.8 Å². The lowest BCUT2D eigenvalue weighted by molar-refractivity contribution is 1.01. The van der Waals surface area contributed by atoms with Gasteiger partial charge in [-0.2, -0.15) is 0 Å². The lowest BCUT2D eigenvalue weighted by Crippen LogP contribution is -2.14. The van der Waals surface area contributed by atoms with Crippen LogP contribution in [-0.2, 0) is 0 Å². The quantitative estimate of drug-likeness (QED) is 0.184. The van der Waals surface area contributed by atoms with Crippen LogP contribution in [0.2, 0.25) is 0 Å². The van der Waals surface area contributed by atoms with Crippen molar-refractivity contribution in [1.82, 2.24) is 14.5 Å². The highest BCUT2D eigenvalue weighted by Crippen LogP contribution is 2.52. The lowest BCUT2D eigenvalue weighted by Gasteiger charge is -2.33. The Bertz CT molecular complexity index is 3040. The van der Waals surface area contributed by atoms with E-state index in [1.807, 2.05) is 17.8 Å². The highest BCUT2D eigenvalue weighted by molar-refractivity contribution is 7.99. The summed E-state index contributed by atoms with van der Waals surface area (Å²) in [5.74, 6) is 0.658. The SMILES string of the molecule is c1ccc(-c2nc(-n3c4cc(-c5ccc6c(c5)Sc5ccccc5N6c5ccccc5)ccc4c4c5ccccc5ccc43)nc3ccccc23)cc1. The van der Waals surface area contributed by atoms with Crippen molar-refractivity contribution in [2.45, 2.75) is 9.79 Å². The summed E-state index contributed by atoms with van der Waals surface area (Å²) in [6, 6.07) is 64.9. The van der Waals surface area contributed by atoms with E-state index in [0.717, 1.165) is 50.0 Å². The smallest absolute Gasteiger partial charge is 0.235 e. The van der Waals surface area contributed by atoms with Crippen molar-refractivity contribution in [3.8, 4) is 28.3 Å². The number of benzene rings is 8. The number of aromatic nitrogens is 3. The maximum Gasteiger partial charge on any atom is 0.235 e. The summed E-state index contributed by atoms with van der Waals surface area (Å²) in [6.45, 7) is 0. The first kappa shape index (κ1) is 30.0. The standard InChI is InChI=1S/C48H30N4S/c1-3-14-32(15-4-1)47-37-19-9-10-20-39(37)49-48(50-47)52-42-28-24-31-13-7-8-18-36(31)46(42)38-26-23-33(29-43(38)52)34-25-27-41-45(30-34)53-44-22-12-11-21-40(44)51(41)35-16-5-2-6-17-35/h1-30H. The molecule has 0 radical (unpaired) electrons. The van der Waals surface area contributed by atoms with Crippen LogP contribution in [0.15, 0.2) is 192 Å². The number of hydrogen-bond acceptors (Lipinski definition) is 4. The van der Waals surface area contributed by atoms with E-state index in [1.54, 1.807) is 0 Å². The predicted molar refractivity (Wildman–Crippen MR) is 221 cm³/mol. The van der Waals surface area contributed by atoms with Crippen molar-refractivity contribution < 1.29 is 0 Å². The van der Waals surface area contributed by atoms with Gasteiger partial charge in [0.2, 0.25) is 5.95 Å². The molecule has 0 fully saturated rings. The number of fused-ring (bicyclic) bond motifs is 8. The van der Waals surface area contributed by atoms with E-state index >= 15 is 0 Å². The first-order valence-corrected chi connectivity index (χ1v) is 18.7. The molecule has 0 aliphatic carbocycles. The Morgan fingerprint density at radius 2 is 1.13 bits per heavy atom. The Labute approximate surface area is 310 Å². The molecule has 0 atom stereocenters. The van der Waals surface area contributed by atoms with Gasteiger partial charge in [-0.1, -0.05) is 139 Å². The highest BCUT2D eigenvalue weighted by atomic mass is 32.2. The van der Waals surface area contributed by atoms with Crippen molar-refractivity contribution in [3.05, 3.63) is 182 Å². The van der Waals surface area contributed by atoms with Crippen LogP contribution in [0, 0.1) is 0 Å². The van der Waals surface area contributed by atoms with Crippen molar-refractivity contribution in [1.29, 1.82) is 0 Å². The normalized spacial score (nSPS) is 12.4. The Balaban J connectivity index is 1.15. The van der Waals surface area contributed by atoms with Gasteiger partial charge in [0.1, 0.15) is 0 Å². The fourth-order valence-electron chi connectivity index (χ4n) is 7.95. The Morgan fingerprint density at radius 3 is 2.02 bits per heavy atom. The molecule has 248 valence electrons. The zero-order valence-corrected chi connectivity index (χ0v) is 29.3. The van der Waals surface area contributed by atoms with Gasteiger partial charge in [0, 0.05) is 37.2 Å². The molecule has 0 unspecified atom stereocenters. The summed E-state index contributed by atoms with van der Waals surface area (Å²) < 4.78 is 2.26. The number of hydrogen-bond donors (Lipinski definition) is 0. The molecule has 0 amide bonds. The van der Waals surface area contributed by atoms with Gasteiger partial charge in [-0.3, -0.25) is 4.57 Å². The van der Waals surface area contributed by atoms with Crippen LogP contribution in [-0.4, -0.2) is 14.5 Å². The molecule has 2 aromatic heterocycles. The number of anilines is 3. The molecule has 0 saturated carbocycles. The van der Waals surface area contributed by atoms with Gasteiger partial charge < -0.3 is 4.90 Å². The molecular weight excluding hydrogens is 665 g/mol. The molecule has 3 heterocycles. The Morgan fingerprint density at radius 1 is 0.434 bits per heavy atom. The zero-order valence-electron chi connectivity index (χ0n) is 28.5. The predicted octanol–water partition coefficient (Wildman–Crippen LogP) is 13.1. The minimum absolute atomic E-state index is 0.658. The van der Waals surface area contributed by atoms with E-state index in [1.165, 1.54) is 42.7 Å². The molecule has 0 bridgehead atoms. The molecule has 10 aromatic rings. The summed E-state index contributed by atoms with van der Waals surface area (Å²) in [6.07, 6.45) is 0. The minimum atomic E-state index is 0.658. The van der Waals surface area contributed by atoms with E-state index in [2.05, 4.69) is 185 Å². The molecule has 8 aromatic carbocycles. The Hall–Kier alpha value is -6.69. The minimum Gasteiger partial charge on any atom is -0.308 e. The van der Waals surface area contributed by atoms with Crippen LogP contribution in [0.3, 0.4) is 0 Å². The first-order chi connectivity index (χ1) is 26.3. The van der Waals surface area contributed by atoms with Crippen molar-refractivity contribution in [2.75, 3.05) is 4.90 Å². The van der Waals surface area contributed by atoms with Crippen molar-refractivity contribution in [2.24, 2.45) is 0 Å². The van der Waals surface area contributed by atoms with Crippen LogP contribution < -0.4 is 4.90 Å². The second kappa shape index (κ2) is 11.9. The van der Waals surface area contributed by atoms with E-state index in [9.17, 15) is 0 Å². The monoisotopic (exact) mass is 694 g/mol. The van der Waals surface area contributed by atoms with Gasteiger partial charge >= 0.3 is 0 Å². The van der Waals surface area contributed by atoms with Crippen molar-refractivity contribution in [3.63, 3.8) is 0 Å². The average Bonchev–Trinajstić information content (AvgIpc) is 3.57. The van der Waals surface area contributed by atoms with E-state index in [0.29, 0.717) is 5.95 Å². The molecule has 1 aliphatic rings. The van der Waals surface area contributed by atoms with Gasteiger partial charge in [-0.05, 0) is 76.5 Å². The summed E-state index contributed by atoms with van der Waals surface area (Å²) >= 11 is 1.83. The maximum absolute atomic E-state index is 5.36. The van der Waals surface area contributed by atoms with Gasteiger partial charge in [0.05, 0.1) is 33.6 Å². The molecule has 1 aliphatic heterocycles. The van der Waals surface area contributed by atoms with Gasteiger partial charge in [-0.25, -0.2) is 9.97 Å². The fourth-order valence-corrected chi connectivity index (χ4v) is 9.05. The maximum atomic E-state index is 5.36. The zero-order chi connectivity index (χ0) is 34.9. The number of nitrogens with zero attached hydrogens (tertiary/aromatic N) is 4. The Kier molecular flexibility index (Phi) is 6.76. The van der Waals surface area contributed by atoms with E-state index < -0.39 is 0 Å². The molecule has 0 saturated heterocycles. The molecule has 11 rings (SSSR count). The number of rotatable bonds is 4. The molecule has 53 heavy (non-hydrogen) atoms. The first-order valence-electron chi connectivity index (χ1n) is 17.8. The van der Waals surface area contributed by atoms with Gasteiger partial charge in [0.25, 0.3) is 0 Å². The highest BCUT2D eigenvalue weighted by Gasteiger charge is 2.25. The summed E-state index contributed by atoms with van der Waals surface area (Å²) in [4.78, 5) is 15.4. The summed E-state index contributed by atoms with van der Waals surface area (Å²) in [7, 11) is 0.